The van der Waals surface area contributed by atoms with E-state index in [1.165, 1.54) is 43.3 Å². The molecule has 0 aliphatic heterocycles. The van der Waals surface area contributed by atoms with E-state index in [9.17, 15) is 15.0 Å². The van der Waals surface area contributed by atoms with Crippen molar-refractivity contribution in [1.82, 2.24) is 0 Å². The third-order valence-electron chi connectivity index (χ3n) is 4.88. The maximum atomic E-state index is 15.7. The zero-order valence-corrected chi connectivity index (χ0v) is 16.5. The van der Waals surface area contributed by atoms with Crippen LogP contribution in [0.5, 0.6) is 11.5 Å². The average molecular weight is 394 g/mol. The van der Waals surface area contributed by atoms with Gasteiger partial charge in [0.05, 0.1) is 11.4 Å². The molecule has 0 aliphatic rings. The molecule has 5 nitrogen and oxygen atoms in total. The Hall–Kier alpha value is -3.54. The van der Waals surface area contributed by atoms with Gasteiger partial charge in [-0.1, -0.05) is 29.8 Å². The number of nitrogens with one attached hydrogen (secondary N) is 2. The number of aromatic hydroxyl groups is 2. The summed E-state index contributed by atoms with van der Waals surface area (Å²) >= 11 is 0. The maximum Gasteiger partial charge on any atom is 0.255 e. The van der Waals surface area contributed by atoms with Crippen LogP contribution >= 0.6 is 0 Å². The van der Waals surface area contributed by atoms with E-state index in [1.807, 2.05) is 13.0 Å². The van der Waals surface area contributed by atoms with Crippen LogP contribution < -0.4 is 10.6 Å². The molecule has 29 heavy (non-hydrogen) atoms. The largest absolute Gasteiger partial charge is 0.506 e. The molecule has 0 heterocycles. The summed E-state index contributed by atoms with van der Waals surface area (Å²) in [5.74, 6) is -0.542. The van der Waals surface area contributed by atoms with Gasteiger partial charge in [0, 0.05) is 12.6 Å². The molecule has 0 aliphatic carbocycles. The van der Waals surface area contributed by atoms with Gasteiger partial charge in [-0.25, -0.2) is 4.39 Å². The van der Waals surface area contributed by atoms with Crippen molar-refractivity contribution in [3.63, 3.8) is 0 Å². The lowest BCUT2D eigenvalue weighted by Gasteiger charge is -2.23. The summed E-state index contributed by atoms with van der Waals surface area (Å²) in [4.78, 5) is 12.5. The Bertz CT molecular complexity index is 1060. The SMILES string of the molecule is CNc1cc(C(C)(F)c2ccc(O)c(NC(=O)c3cccc(C)c3)c2)ccc1O. The van der Waals surface area contributed by atoms with Gasteiger partial charge in [0.15, 0.2) is 5.67 Å². The fraction of sp³-hybridized carbons (Fsp3) is 0.174. The molecule has 0 saturated carbocycles. The molecule has 4 N–H and O–H groups in total. The zero-order chi connectivity index (χ0) is 21.2. The molecule has 0 spiro atoms. The van der Waals surface area contributed by atoms with Crippen molar-refractivity contribution in [3.05, 3.63) is 82.9 Å². The third kappa shape index (κ3) is 4.16. The number of rotatable bonds is 5. The van der Waals surface area contributed by atoms with Gasteiger partial charge in [0.25, 0.3) is 5.91 Å². The van der Waals surface area contributed by atoms with Gasteiger partial charge in [-0.15, -0.1) is 0 Å². The van der Waals surface area contributed by atoms with Gasteiger partial charge >= 0.3 is 0 Å². The van der Waals surface area contributed by atoms with Crippen molar-refractivity contribution >= 4 is 17.3 Å². The molecule has 0 aromatic heterocycles. The maximum absolute atomic E-state index is 15.7. The van der Waals surface area contributed by atoms with Crippen molar-refractivity contribution in [1.29, 1.82) is 0 Å². The molecule has 1 amide bonds. The first kappa shape index (κ1) is 20.2. The van der Waals surface area contributed by atoms with Crippen LogP contribution in [0.15, 0.2) is 60.7 Å². The number of phenols is 2. The fourth-order valence-corrected chi connectivity index (χ4v) is 3.10. The molecule has 0 radical (unpaired) electrons. The first-order valence-electron chi connectivity index (χ1n) is 9.14. The smallest absolute Gasteiger partial charge is 0.255 e. The van der Waals surface area contributed by atoms with Crippen LogP contribution in [0, 0.1) is 6.92 Å². The van der Waals surface area contributed by atoms with E-state index in [0.29, 0.717) is 16.8 Å². The summed E-state index contributed by atoms with van der Waals surface area (Å²) in [6.45, 7) is 3.26. The lowest BCUT2D eigenvalue weighted by atomic mass is 9.89. The van der Waals surface area contributed by atoms with Gasteiger partial charge in [0.1, 0.15) is 11.5 Å². The molecule has 1 atom stereocenters. The summed E-state index contributed by atoms with van der Waals surface area (Å²) in [5, 5.41) is 25.4. The fourth-order valence-electron chi connectivity index (χ4n) is 3.10. The van der Waals surface area contributed by atoms with Crippen molar-refractivity contribution < 1.29 is 19.4 Å². The molecule has 0 saturated heterocycles. The number of halogens is 1. The molecule has 0 bridgehead atoms. The second kappa shape index (κ2) is 7.83. The summed E-state index contributed by atoms with van der Waals surface area (Å²) in [6, 6.07) is 15.7. The Morgan fingerprint density at radius 2 is 1.52 bits per heavy atom. The van der Waals surface area contributed by atoms with E-state index in [2.05, 4.69) is 10.6 Å². The van der Waals surface area contributed by atoms with E-state index < -0.39 is 11.6 Å². The molecule has 3 aromatic rings. The Kier molecular flexibility index (Phi) is 5.46. The van der Waals surface area contributed by atoms with E-state index in [1.54, 1.807) is 25.2 Å². The summed E-state index contributed by atoms with van der Waals surface area (Å²) in [5.41, 5.74) is 0.539. The monoisotopic (exact) mass is 394 g/mol. The third-order valence-corrected chi connectivity index (χ3v) is 4.88. The van der Waals surface area contributed by atoms with Crippen molar-refractivity contribution in [2.24, 2.45) is 0 Å². The number of phenolic OH excluding ortho intramolecular Hbond substituents is 2. The van der Waals surface area contributed by atoms with E-state index in [0.717, 1.165) is 5.56 Å². The first-order valence-corrected chi connectivity index (χ1v) is 9.14. The van der Waals surface area contributed by atoms with E-state index in [-0.39, 0.29) is 22.7 Å². The normalized spacial score (nSPS) is 12.8. The molecule has 6 heteroatoms. The quantitative estimate of drug-likeness (QED) is 0.463. The second-order valence-electron chi connectivity index (χ2n) is 7.04. The second-order valence-corrected chi connectivity index (χ2v) is 7.04. The first-order chi connectivity index (χ1) is 13.7. The van der Waals surface area contributed by atoms with Crippen LogP contribution in [-0.2, 0) is 5.67 Å². The van der Waals surface area contributed by atoms with Crippen LogP contribution in [0.2, 0.25) is 0 Å². The molecule has 1 unspecified atom stereocenters. The van der Waals surface area contributed by atoms with E-state index in [4.69, 9.17) is 0 Å². The zero-order valence-electron chi connectivity index (χ0n) is 16.5. The number of carbonyl (C=O) groups is 1. The Labute approximate surface area is 168 Å². The van der Waals surface area contributed by atoms with Crippen molar-refractivity contribution in [3.8, 4) is 11.5 Å². The molecule has 3 aromatic carbocycles. The number of hydrogen-bond donors (Lipinski definition) is 4. The highest BCUT2D eigenvalue weighted by molar-refractivity contribution is 6.05. The van der Waals surface area contributed by atoms with Gasteiger partial charge < -0.3 is 20.8 Å². The highest BCUT2D eigenvalue weighted by Crippen LogP contribution is 2.39. The summed E-state index contributed by atoms with van der Waals surface area (Å²) in [6.07, 6.45) is 0. The average Bonchev–Trinajstić information content (AvgIpc) is 2.69. The van der Waals surface area contributed by atoms with Crippen molar-refractivity contribution in [2.75, 3.05) is 17.7 Å². The Morgan fingerprint density at radius 1 is 0.931 bits per heavy atom. The summed E-state index contributed by atoms with van der Waals surface area (Å²) in [7, 11) is 1.63. The highest BCUT2D eigenvalue weighted by Gasteiger charge is 2.30. The predicted octanol–water partition coefficient (Wildman–Crippen LogP) is 4.93. The number of alkyl halides is 1. The van der Waals surface area contributed by atoms with E-state index >= 15 is 4.39 Å². The number of hydrogen-bond acceptors (Lipinski definition) is 4. The number of benzene rings is 3. The topological polar surface area (TPSA) is 81.6 Å². The molecule has 150 valence electrons. The highest BCUT2D eigenvalue weighted by atomic mass is 19.1. The van der Waals surface area contributed by atoms with Crippen LogP contribution in [-0.4, -0.2) is 23.2 Å². The van der Waals surface area contributed by atoms with Crippen LogP contribution in [0.4, 0.5) is 15.8 Å². The van der Waals surface area contributed by atoms with Crippen LogP contribution in [0.1, 0.15) is 34.0 Å². The minimum Gasteiger partial charge on any atom is -0.506 e. The minimum absolute atomic E-state index is 0.0175. The van der Waals surface area contributed by atoms with Crippen molar-refractivity contribution in [2.45, 2.75) is 19.5 Å². The van der Waals surface area contributed by atoms with Crippen LogP contribution in [0.25, 0.3) is 0 Å². The molecular formula is C23H23FN2O3. The van der Waals surface area contributed by atoms with Crippen LogP contribution in [0.3, 0.4) is 0 Å². The number of aryl methyl sites for hydroxylation is 1. The lowest BCUT2D eigenvalue weighted by Crippen LogP contribution is -2.18. The molecule has 3 rings (SSSR count). The Morgan fingerprint density at radius 3 is 2.10 bits per heavy atom. The lowest BCUT2D eigenvalue weighted by molar-refractivity contribution is 0.102. The summed E-state index contributed by atoms with van der Waals surface area (Å²) < 4.78 is 15.7. The molecule has 0 fully saturated rings. The van der Waals surface area contributed by atoms with Gasteiger partial charge in [-0.3, -0.25) is 4.79 Å². The minimum atomic E-state index is -1.92. The van der Waals surface area contributed by atoms with Gasteiger partial charge in [-0.05, 0) is 61.4 Å². The van der Waals surface area contributed by atoms with Gasteiger partial charge in [-0.2, -0.15) is 0 Å². The number of amides is 1. The van der Waals surface area contributed by atoms with Gasteiger partial charge in [0.2, 0.25) is 0 Å². The standard InChI is InChI=1S/C23H23FN2O3/c1-14-5-4-6-15(11-14)22(29)26-19-13-17(8-10-21(19)28)23(2,24)16-7-9-20(27)18(12-16)25-3/h4-13,25,27-28H,1-3H3,(H,26,29). The Balaban J connectivity index is 1.94. The molecular weight excluding hydrogens is 371 g/mol. The number of anilines is 2. The predicted molar refractivity (Wildman–Crippen MR) is 112 cm³/mol. The number of carbonyl (C=O) groups excluding carboxylic acids is 1.